The lowest BCUT2D eigenvalue weighted by molar-refractivity contribution is 0.163. The van der Waals surface area contributed by atoms with Crippen LogP contribution in [0.4, 0.5) is 0 Å². The third kappa shape index (κ3) is 3.27. The molecule has 0 aromatic heterocycles. The zero-order chi connectivity index (χ0) is 13.2. The molecule has 2 heteroatoms. The molecule has 0 saturated heterocycles. The summed E-state index contributed by atoms with van der Waals surface area (Å²) < 4.78 is 0. The van der Waals surface area contributed by atoms with E-state index in [1.165, 1.54) is 57.8 Å². The molecule has 0 heterocycles. The van der Waals surface area contributed by atoms with Crippen LogP contribution in [0.3, 0.4) is 0 Å². The molecule has 2 rings (SSSR count). The first kappa shape index (κ1) is 13.9. The second-order valence-electron chi connectivity index (χ2n) is 7.23. The van der Waals surface area contributed by atoms with Crippen LogP contribution < -0.4 is 0 Å². The topological polar surface area (TPSA) is 27.1 Å². The van der Waals surface area contributed by atoms with Gasteiger partial charge in [-0.15, -0.1) is 0 Å². The van der Waals surface area contributed by atoms with Crippen LogP contribution in [0.2, 0.25) is 0 Å². The second-order valence-corrected chi connectivity index (χ2v) is 7.23. The first-order chi connectivity index (χ1) is 8.49. The van der Waals surface area contributed by atoms with Gasteiger partial charge in [0.05, 0.1) is 5.84 Å². The Balaban J connectivity index is 1.87. The Labute approximate surface area is 113 Å². The highest BCUT2D eigenvalue weighted by Gasteiger charge is 2.31. The van der Waals surface area contributed by atoms with Gasteiger partial charge in [-0.1, -0.05) is 33.1 Å². The summed E-state index contributed by atoms with van der Waals surface area (Å²) >= 11 is 0. The van der Waals surface area contributed by atoms with Crippen molar-refractivity contribution >= 4 is 5.84 Å². The predicted octanol–water partition coefficient (Wildman–Crippen LogP) is 4.44. The maximum Gasteiger partial charge on any atom is 0.0989 e. The Morgan fingerprint density at radius 3 is 2.11 bits per heavy atom. The Morgan fingerprint density at radius 1 is 1.00 bits per heavy atom. The van der Waals surface area contributed by atoms with Crippen LogP contribution in [-0.2, 0) is 0 Å². The quantitative estimate of drug-likeness (QED) is 0.569. The smallest absolute Gasteiger partial charge is 0.0989 e. The Hall–Kier alpha value is -0.530. The average Bonchev–Trinajstić information content (AvgIpc) is 2.38. The molecule has 0 spiro atoms. The SMILES string of the molecule is CN(C(=N)C1CCCCC1)C1CCC(C)(C)CC1. The molecule has 0 unspecified atom stereocenters. The van der Waals surface area contributed by atoms with E-state index in [1.54, 1.807) is 0 Å². The van der Waals surface area contributed by atoms with Crippen molar-refractivity contribution in [1.82, 2.24) is 4.90 Å². The summed E-state index contributed by atoms with van der Waals surface area (Å²) in [5.74, 6) is 1.48. The van der Waals surface area contributed by atoms with E-state index in [0.717, 1.165) is 5.84 Å². The van der Waals surface area contributed by atoms with E-state index >= 15 is 0 Å². The monoisotopic (exact) mass is 250 g/mol. The number of nitrogens with zero attached hydrogens (tertiary/aromatic N) is 1. The number of nitrogens with one attached hydrogen (secondary N) is 1. The zero-order valence-corrected chi connectivity index (χ0v) is 12.5. The molecule has 2 aliphatic carbocycles. The van der Waals surface area contributed by atoms with Crippen LogP contribution in [0.25, 0.3) is 0 Å². The average molecular weight is 250 g/mol. The largest absolute Gasteiger partial charge is 0.360 e. The summed E-state index contributed by atoms with van der Waals surface area (Å²) in [5, 5.41) is 8.45. The fourth-order valence-corrected chi connectivity index (χ4v) is 3.63. The van der Waals surface area contributed by atoms with Gasteiger partial charge in [-0.3, -0.25) is 5.41 Å². The summed E-state index contributed by atoms with van der Waals surface area (Å²) in [6.45, 7) is 4.77. The third-order valence-electron chi connectivity index (χ3n) is 5.23. The number of amidine groups is 1. The Morgan fingerprint density at radius 2 is 1.56 bits per heavy atom. The first-order valence-electron chi connectivity index (χ1n) is 7.81. The van der Waals surface area contributed by atoms with Gasteiger partial charge in [0.15, 0.2) is 0 Å². The third-order valence-corrected chi connectivity index (χ3v) is 5.23. The molecule has 0 radical (unpaired) electrons. The molecule has 0 bridgehead atoms. The molecule has 2 fully saturated rings. The van der Waals surface area contributed by atoms with Gasteiger partial charge in [0.2, 0.25) is 0 Å². The number of rotatable bonds is 2. The molecule has 2 saturated carbocycles. The fourth-order valence-electron chi connectivity index (χ4n) is 3.63. The number of hydrogen-bond donors (Lipinski definition) is 1. The van der Waals surface area contributed by atoms with Crippen LogP contribution in [0.15, 0.2) is 0 Å². The lowest BCUT2D eigenvalue weighted by Gasteiger charge is -2.41. The van der Waals surface area contributed by atoms with Gasteiger partial charge in [0.1, 0.15) is 0 Å². The molecule has 18 heavy (non-hydrogen) atoms. The molecule has 2 aliphatic rings. The maximum atomic E-state index is 8.45. The minimum Gasteiger partial charge on any atom is -0.360 e. The van der Waals surface area contributed by atoms with E-state index in [1.807, 2.05) is 0 Å². The van der Waals surface area contributed by atoms with Gasteiger partial charge >= 0.3 is 0 Å². The van der Waals surface area contributed by atoms with Crippen molar-refractivity contribution in [3.05, 3.63) is 0 Å². The van der Waals surface area contributed by atoms with Crippen molar-refractivity contribution in [3.63, 3.8) is 0 Å². The molecular formula is C16H30N2. The molecule has 104 valence electrons. The van der Waals surface area contributed by atoms with E-state index in [2.05, 4.69) is 25.8 Å². The normalized spacial score (nSPS) is 25.9. The summed E-state index contributed by atoms with van der Waals surface area (Å²) in [7, 11) is 2.17. The maximum absolute atomic E-state index is 8.45. The van der Waals surface area contributed by atoms with Crippen LogP contribution >= 0.6 is 0 Å². The summed E-state index contributed by atoms with van der Waals surface area (Å²) in [5.41, 5.74) is 0.532. The molecule has 2 nitrogen and oxygen atoms in total. The van der Waals surface area contributed by atoms with Crippen molar-refractivity contribution in [1.29, 1.82) is 5.41 Å². The van der Waals surface area contributed by atoms with Crippen molar-refractivity contribution in [2.24, 2.45) is 11.3 Å². The van der Waals surface area contributed by atoms with E-state index in [0.29, 0.717) is 17.4 Å². The molecule has 1 N–H and O–H groups in total. The highest BCUT2D eigenvalue weighted by molar-refractivity contribution is 5.81. The van der Waals surface area contributed by atoms with Crippen molar-refractivity contribution in [2.75, 3.05) is 7.05 Å². The predicted molar refractivity (Wildman–Crippen MR) is 78.1 cm³/mol. The molecule has 0 atom stereocenters. The van der Waals surface area contributed by atoms with Gasteiger partial charge in [0, 0.05) is 19.0 Å². The van der Waals surface area contributed by atoms with Gasteiger partial charge in [-0.05, 0) is 43.9 Å². The van der Waals surface area contributed by atoms with E-state index < -0.39 is 0 Å². The van der Waals surface area contributed by atoms with E-state index in [4.69, 9.17) is 5.41 Å². The van der Waals surface area contributed by atoms with Crippen molar-refractivity contribution < 1.29 is 0 Å². The van der Waals surface area contributed by atoms with Gasteiger partial charge in [-0.2, -0.15) is 0 Å². The zero-order valence-electron chi connectivity index (χ0n) is 12.5. The summed E-state index contributed by atoms with van der Waals surface area (Å²) in [6.07, 6.45) is 11.7. The first-order valence-corrected chi connectivity index (χ1v) is 7.81. The lowest BCUT2D eigenvalue weighted by atomic mass is 9.75. The highest BCUT2D eigenvalue weighted by Crippen LogP contribution is 2.37. The number of hydrogen-bond acceptors (Lipinski definition) is 1. The lowest BCUT2D eigenvalue weighted by Crippen LogP contribution is -2.43. The van der Waals surface area contributed by atoms with Gasteiger partial charge in [-0.25, -0.2) is 0 Å². The van der Waals surface area contributed by atoms with Crippen molar-refractivity contribution in [2.45, 2.75) is 77.7 Å². The summed E-state index contributed by atoms with van der Waals surface area (Å²) in [4.78, 5) is 2.31. The molecule has 0 aromatic rings. The summed E-state index contributed by atoms with van der Waals surface area (Å²) in [6, 6.07) is 0.632. The van der Waals surface area contributed by atoms with Gasteiger partial charge < -0.3 is 4.90 Å². The van der Waals surface area contributed by atoms with Gasteiger partial charge in [0.25, 0.3) is 0 Å². The molecule has 0 amide bonds. The Bertz CT molecular complexity index is 279. The van der Waals surface area contributed by atoms with E-state index in [9.17, 15) is 0 Å². The molecule has 0 aromatic carbocycles. The molecular weight excluding hydrogens is 220 g/mol. The van der Waals surface area contributed by atoms with Crippen LogP contribution in [0.5, 0.6) is 0 Å². The fraction of sp³-hybridized carbons (Fsp3) is 0.938. The minimum atomic E-state index is 0.532. The second kappa shape index (κ2) is 5.63. The Kier molecular flexibility index (Phi) is 4.34. The molecule has 0 aliphatic heterocycles. The van der Waals surface area contributed by atoms with Crippen LogP contribution in [0, 0.1) is 16.7 Å². The highest BCUT2D eigenvalue weighted by atomic mass is 15.2. The van der Waals surface area contributed by atoms with Crippen molar-refractivity contribution in [3.8, 4) is 0 Å². The minimum absolute atomic E-state index is 0.532. The standard InChI is InChI=1S/C16H30N2/c1-16(2)11-9-14(10-12-16)18(3)15(17)13-7-5-4-6-8-13/h13-14,17H,4-12H2,1-3H3. The van der Waals surface area contributed by atoms with Crippen LogP contribution in [-0.4, -0.2) is 23.8 Å². The van der Waals surface area contributed by atoms with E-state index in [-0.39, 0.29) is 0 Å². The van der Waals surface area contributed by atoms with Crippen LogP contribution in [0.1, 0.15) is 71.6 Å².